The Labute approximate surface area is 142 Å². The van der Waals surface area contributed by atoms with E-state index in [-0.39, 0.29) is 5.91 Å². The number of rotatable bonds is 7. The molecule has 1 amide bonds. The van der Waals surface area contributed by atoms with Crippen LogP contribution in [0.15, 0.2) is 70.9 Å². The van der Waals surface area contributed by atoms with Gasteiger partial charge in [-0.15, -0.1) is 0 Å². The molecule has 0 saturated heterocycles. The van der Waals surface area contributed by atoms with Gasteiger partial charge in [0.15, 0.2) is 0 Å². The highest BCUT2D eigenvalue weighted by molar-refractivity contribution is 6.38. The van der Waals surface area contributed by atoms with Gasteiger partial charge in [-0.2, -0.15) is 5.10 Å². The lowest BCUT2D eigenvalue weighted by molar-refractivity contribution is 0.0955. The smallest absolute Gasteiger partial charge is 0.271 e. The highest BCUT2D eigenvalue weighted by Crippen LogP contribution is 2.02. The Bertz CT molecular complexity index is 695. The minimum Gasteiger partial charge on any atom is -0.395 e. The number of carbonyl (C=O) groups is 1. The highest BCUT2D eigenvalue weighted by atomic mass is 16.6. The molecule has 0 aliphatic heterocycles. The predicted molar refractivity (Wildman–Crippen MR) is 96.2 cm³/mol. The summed E-state index contributed by atoms with van der Waals surface area (Å²) in [5, 5.41) is 8.11. The minimum atomic E-state index is -0.277. The maximum atomic E-state index is 12.1. The number of amides is 1. The molecule has 5 heteroatoms. The predicted octanol–water partition coefficient (Wildman–Crippen LogP) is 3.48. The molecule has 0 radical (unpaired) electrons. The van der Waals surface area contributed by atoms with Gasteiger partial charge < -0.3 is 4.84 Å². The first-order chi connectivity index (χ1) is 11.7. The van der Waals surface area contributed by atoms with Crippen molar-refractivity contribution in [3.8, 4) is 0 Å². The van der Waals surface area contributed by atoms with Gasteiger partial charge in [-0.25, -0.2) is 5.43 Å². The number of benzene rings is 2. The molecule has 0 saturated carbocycles. The zero-order valence-electron chi connectivity index (χ0n) is 13.8. The van der Waals surface area contributed by atoms with Gasteiger partial charge in [0.2, 0.25) is 0 Å². The second-order valence-electron chi connectivity index (χ2n) is 5.59. The third-order valence-corrected chi connectivity index (χ3v) is 3.04. The summed E-state index contributed by atoms with van der Waals surface area (Å²) < 4.78 is 0. The van der Waals surface area contributed by atoms with Crippen molar-refractivity contribution in [3.63, 3.8) is 0 Å². The third-order valence-electron chi connectivity index (χ3n) is 3.04. The van der Waals surface area contributed by atoms with Crippen LogP contribution in [-0.2, 0) is 4.84 Å². The van der Waals surface area contributed by atoms with Crippen LogP contribution in [-0.4, -0.2) is 24.4 Å². The summed E-state index contributed by atoms with van der Waals surface area (Å²) in [7, 11) is 0. The molecule has 0 unspecified atom stereocenters. The first-order valence-corrected chi connectivity index (χ1v) is 7.80. The molecule has 0 fully saturated rings. The zero-order valence-corrected chi connectivity index (χ0v) is 13.8. The molecule has 2 rings (SSSR count). The Morgan fingerprint density at radius 2 is 1.62 bits per heavy atom. The lowest BCUT2D eigenvalue weighted by Crippen LogP contribution is -2.20. The molecular formula is C19H21N3O2. The summed E-state index contributed by atoms with van der Waals surface area (Å²) in [6.07, 6.45) is 1.50. The van der Waals surface area contributed by atoms with Gasteiger partial charge in [0, 0.05) is 11.1 Å². The van der Waals surface area contributed by atoms with Crippen LogP contribution in [0.5, 0.6) is 0 Å². The summed E-state index contributed by atoms with van der Waals surface area (Å²) in [5.74, 6) is 0.109. The minimum absolute atomic E-state index is 0.277. The molecule has 124 valence electrons. The van der Waals surface area contributed by atoms with Crippen LogP contribution >= 0.6 is 0 Å². The second kappa shape index (κ2) is 9.25. The average Bonchev–Trinajstić information content (AvgIpc) is 2.62. The quantitative estimate of drug-likeness (QED) is 0.626. The van der Waals surface area contributed by atoms with Gasteiger partial charge in [-0.1, -0.05) is 67.5 Å². The van der Waals surface area contributed by atoms with E-state index in [1.165, 1.54) is 6.21 Å². The van der Waals surface area contributed by atoms with Crippen LogP contribution in [0.2, 0.25) is 0 Å². The van der Waals surface area contributed by atoms with Crippen LogP contribution in [0.1, 0.15) is 29.8 Å². The Morgan fingerprint density at radius 1 is 1.04 bits per heavy atom. The fraction of sp³-hybridized carbons (Fsp3) is 0.211. The summed E-state index contributed by atoms with van der Waals surface area (Å²) in [6, 6.07) is 18.4. The molecule has 0 aliphatic rings. The van der Waals surface area contributed by atoms with E-state index in [2.05, 4.69) is 15.7 Å². The molecule has 2 aromatic carbocycles. The van der Waals surface area contributed by atoms with E-state index < -0.39 is 0 Å². The van der Waals surface area contributed by atoms with Crippen molar-refractivity contribution in [2.75, 3.05) is 6.61 Å². The summed E-state index contributed by atoms with van der Waals surface area (Å²) in [5.41, 5.74) is 4.45. The van der Waals surface area contributed by atoms with Crippen molar-refractivity contribution in [3.05, 3.63) is 71.8 Å². The second-order valence-corrected chi connectivity index (χ2v) is 5.59. The Morgan fingerprint density at radius 3 is 2.21 bits per heavy atom. The van der Waals surface area contributed by atoms with Gasteiger partial charge in [0.1, 0.15) is 12.3 Å². The van der Waals surface area contributed by atoms with Gasteiger partial charge in [-0.3, -0.25) is 4.79 Å². The number of oxime groups is 1. The standard InChI is InChI=1S/C19H21N3O2/c1-15(2)14-24-20-13-18(16-9-5-3-6-10-16)21-22-19(23)17-11-7-4-8-12-17/h3-13,15H,14H2,1-2H3,(H,22,23)/b20-13+,21-18+. The molecule has 2 aromatic rings. The van der Waals surface area contributed by atoms with E-state index in [1.54, 1.807) is 24.3 Å². The molecule has 0 atom stereocenters. The average molecular weight is 323 g/mol. The van der Waals surface area contributed by atoms with Gasteiger partial charge in [0.25, 0.3) is 5.91 Å². The Kier molecular flexibility index (Phi) is 6.71. The largest absolute Gasteiger partial charge is 0.395 e. The van der Waals surface area contributed by atoms with Crippen LogP contribution in [0.4, 0.5) is 0 Å². The Balaban J connectivity index is 2.11. The lowest BCUT2D eigenvalue weighted by Gasteiger charge is -2.04. The Hall–Kier alpha value is -2.95. The highest BCUT2D eigenvalue weighted by Gasteiger charge is 2.05. The fourth-order valence-corrected chi connectivity index (χ4v) is 1.82. The monoisotopic (exact) mass is 323 g/mol. The molecule has 1 N–H and O–H groups in total. The van der Waals surface area contributed by atoms with Crippen molar-refractivity contribution in [1.82, 2.24) is 5.43 Å². The SMILES string of the molecule is CC(C)CO/N=C/C(=N\NC(=O)c1ccccc1)c1ccccc1. The van der Waals surface area contributed by atoms with Crippen molar-refractivity contribution in [2.24, 2.45) is 16.2 Å². The molecule has 0 aromatic heterocycles. The van der Waals surface area contributed by atoms with Gasteiger partial charge in [-0.05, 0) is 18.1 Å². The van der Waals surface area contributed by atoms with E-state index in [4.69, 9.17) is 4.84 Å². The molecule has 5 nitrogen and oxygen atoms in total. The topological polar surface area (TPSA) is 63.1 Å². The van der Waals surface area contributed by atoms with E-state index in [0.29, 0.717) is 23.8 Å². The molecule has 24 heavy (non-hydrogen) atoms. The molecular weight excluding hydrogens is 302 g/mol. The van der Waals surface area contributed by atoms with Crippen LogP contribution in [0.25, 0.3) is 0 Å². The van der Waals surface area contributed by atoms with Crippen LogP contribution < -0.4 is 5.43 Å². The van der Waals surface area contributed by atoms with Crippen LogP contribution in [0.3, 0.4) is 0 Å². The summed E-state index contributed by atoms with van der Waals surface area (Å²) in [6.45, 7) is 4.61. The van der Waals surface area contributed by atoms with Crippen LogP contribution in [0, 0.1) is 5.92 Å². The lowest BCUT2D eigenvalue weighted by atomic mass is 10.1. The zero-order chi connectivity index (χ0) is 17.2. The van der Waals surface area contributed by atoms with Crippen molar-refractivity contribution in [2.45, 2.75) is 13.8 Å². The molecule has 0 bridgehead atoms. The van der Waals surface area contributed by atoms with Crippen molar-refractivity contribution >= 4 is 17.8 Å². The molecule has 0 heterocycles. The maximum absolute atomic E-state index is 12.1. The van der Waals surface area contributed by atoms with E-state index in [9.17, 15) is 4.79 Å². The van der Waals surface area contributed by atoms with E-state index >= 15 is 0 Å². The normalized spacial score (nSPS) is 11.7. The van der Waals surface area contributed by atoms with Gasteiger partial charge in [0.05, 0.1) is 6.21 Å². The molecule has 0 aliphatic carbocycles. The number of hydrogen-bond acceptors (Lipinski definition) is 4. The van der Waals surface area contributed by atoms with Crippen molar-refractivity contribution < 1.29 is 9.63 Å². The number of nitrogens with zero attached hydrogens (tertiary/aromatic N) is 2. The number of hydrogen-bond donors (Lipinski definition) is 1. The van der Waals surface area contributed by atoms with E-state index in [1.807, 2.05) is 50.2 Å². The fourth-order valence-electron chi connectivity index (χ4n) is 1.82. The summed E-state index contributed by atoms with van der Waals surface area (Å²) in [4.78, 5) is 17.3. The van der Waals surface area contributed by atoms with Gasteiger partial charge >= 0.3 is 0 Å². The number of carbonyl (C=O) groups excluding carboxylic acids is 1. The molecule has 0 spiro atoms. The van der Waals surface area contributed by atoms with Crippen molar-refractivity contribution in [1.29, 1.82) is 0 Å². The van der Waals surface area contributed by atoms with E-state index in [0.717, 1.165) is 5.56 Å². The number of nitrogens with one attached hydrogen (secondary N) is 1. The first kappa shape index (κ1) is 17.4. The number of hydrazone groups is 1. The summed E-state index contributed by atoms with van der Waals surface area (Å²) >= 11 is 0. The third kappa shape index (κ3) is 5.68. The maximum Gasteiger partial charge on any atom is 0.271 e. The first-order valence-electron chi connectivity index (χ1n) is 7.80.